The quantitative estimate of drug-likeness (QED) is 0.612. The van der Waals surface area contributed by atoms with Gasteiger partial charge in [0.05, 0.1) is 19.8 Å². The summed E-state index contributed by atoms with van der Waals surface area (Å²) in [6.45, 7) is 0. The summed E-state index contributed by atoms with van der Waals surface area (Å²) in [6.07, 6.45) is 0. The summed E-state index contributed by atoms with van der Waals surface area (Å²) < 4.78 is 11.5. The number of esters is 2. The number of hydrazine groups is 1. The number of carbonyl (C=O) groups excluding carboxylic acids is 2. The lowest BCUT2D eigenvalue weighted by Gasteiger charge is -2.37. The zero-order valence-corrected chi connectivity index (χ0v) is 13.4. The molecule has 0 bridgehead atoms. The van der Waals surface area contributed by atoms with E-state index in [0.717, 1.165) is 11.7 Å². The SMILES string of the molecule is COC(=O)C1NN(C)c2c(c(=O)n(C)c(=O)n2C)C1C(=O)OC. The van der Waals surface area contributed by atoms with Crippen molar-refractivity contribution < 1.29 is 19.1 Å². The Hall–Kier alpha value is -2.62. The number of hydrogen-bond donors (Lipinski definition) is 1. The van der Waals surface area contributed by atoms with Gasteiger partial charge in [-0.3, -0.25) is 28.5 Å². The molecule has 0 amide bonds. The molecule has 10 nitrogen and oxygen atoms in total. The van der Waals surface area contributed by atoms with Gasteiger partial charge in [0.15, 0.2) is 0 Å². The summed E-state index contributed by atoms with van der Waals surface area (Å²) in [7, 11) is 6.62. The zero-order chi connectivity index (χ0) is 17.5. The van der Waals surface area contributed by atoms with Crippen LogP contribution in [0.4, 0.5) is 5.82 Å². The third-order valence-electron chi connectivity index (χ3n) is 3.87. The van der Waals surface area contributed by atoms with Crippen LogP contribution < -0.4 is 21.7 Å². The van der Waals surface area contributed by atoms with Crippen LogP contribution in [0.2, 0.25) is 0 Å². The van der Waals surface area contributed by atoms with Crippen molar-refractivity contribution in [3.8, 4) is 0 Å². The highest BCUT2D eigenvalue weighted by molar-refractivity contribution is 5.91. The minimum atomic E-state index is -1.23. The molecular weight excluding hydrogens is 308 g/mol. The summed E-state index contributed by atoms with van der Waals surface area (Å²) in [5.41, 5.74) is 1.53. The lowest BCUT2D eigenvalue weighted by Crippen LogP contribution is -2.60. The number of rotatable bonds is 2. The van der Waals surface area contributed by atoms with Crippen LogP contribution in [0.25, 0.3) is 0 Å². The number of anilines is 1. The number of methoxy groups -OCH3 is 2. The fourth-order valence-corrected chi connectivity index (χ4v) is 2.74. The molecule has 1 aromatic heterocycles. The van der Waals surface area contributed by atoms with E-state index in [1.54, 1.807) is 0 Å². The molecule has 1 aliphatic rings. The van der Waals surface area contributed by atoms with Crippen molar-refractivity contribution in [3.05, 3.63) is 26.4 Å². The van der Waals surface area contributed by atoms with Crippen LogP contribution in [-0.4, -0.2) is 48.4 Å². The molecule has 0 saturated carbocycles. The molecule has 2 heterocycles. The first-order valence-electron chi connectivity index (χ1n) is 6.71. The molecule has 1 aliphatic heterocycles. The van der Waals surface area contributed by atoms with E-state index in [1.165, 1.54) is 37.8 Å². The van der Waals surface area contributed by atoms with Crippen LogP contribution in [0.1, 0.15) is 11.5 Å². The van der Waals surface area contributed by atoms with Gasteiger partial charge in [0.25, 0.3) is 5.56 Å². The second kappa shape index (κ2) is 5.88. The van der Waals surface area contributed by atoms with Crippen molar-refractivity contribution in [3.63, 3.8) is 0 Å². The van der Waals surface area contributed by atoms with Gasteiger partial charge in [0.1, 0.15) is 17.8 Å². The summed E-state index contributed by atoms with van der Waals surface area (Å²) in [5.74, 6) is -2.55. The van der Waals surface area contributed by atoms with Crippen molar-refractivity contribution in [1.29, 1.82) is 0 Å². The van der Waals surface area contributed by atoms with E-state index >= 15 is 0 Å². The second-order valence-corrected chi connectivity index (χ2v) is 5.13. The Bertz CT molecular complexity index is 780. The molecule has 0 fully saturated rings. The molecule has 10 heteroatoms. The summed E-state index contributed by atoms with van der Waals surface area (Å²) in [6, 6.07) is -1.14. The fraction of sp³-hybridized carbons (Fsp3) is 0.538. The van der Waals surface area contributed by atoms with Crippen LogP contribution >= 0.6 is 0 Å². The van der Waals surface area contributed by atoms with Crippen LogP contribution in [0, 0.1) is 0 Å². The minimum absolute atomic E-state index is 0.00176. The summed E-state index contributed by atoms with van der Waals surface area (Å²) in [4.78, 5) is 48.9. The number of aromatic nitrogens is 2. The smallest absolute Gasteiger partial charge is 0.332 e. The topological polar surface area (TPSA) is 112 Å². The number of fused-ring (bicyclic) bond motifs is 1. The fourth-order valence-electron chi connectivity index (χ4n) is 2.74. The Labute approximate surface area is 131 Å². The maximum absolute atomic E-state index is 12.6. The van der Waals surface area contributed by atoms with Crippen LogP contribution in [-0.2, 0) is 33.2 Å². The molecule has 2 unspecified atom stereocenters. The molecular formula is C13H18N4O6. The van der Waals surface area contributed by atoms with Gasteiger partial charge < -0.3 is 9.47 Å². The predicted molar refractivity (Wildman–Crippen MR) is 79.0 cm³/mol. The highest BCUT2D eigenvalue weighted by Crippen LogP contribution is 2.31. The Morgan fingerprint density at radius 2 is 1.57 bits per heavy atom. The maximum atomic E-state index is 12.6. The van der Waals surface area contributed by atoms with Gasteiger partial charge in [0, 0.05) is 21.1 Å². The van der Waals surface area contributed by atoms with Gasteiger partial charge in [-0.25, -0.2) is 10.2 Å². The van der Waals surface area contributed by atoms with Gasteiger partial charge in [-0.15, -0.1) is 0 Å². The van der Waals surface area contributed by atoms with Crippen molar-refractivity contribution in [2.75, 3.05) is 26.3 Å². The predicted octanol–water partition coefficient (Wildman–Crippen LogP) is -2.16. The molecule has 1 N–H and O–H groups in total. The van der Waals surface area contributed by atoms with Crippen LogP contribution in [0.5, 0.6) is 0 Å². The minimum Gasteiger partial charge on any atom is -0.468 e. The van der Waals surface area contributed by atoms with E-state index in [9.17, 15) is 19.2 Å². The van der Waals surface area contributed by atoms with Crippen LogP contribution in [0.3, 0.4) is 0 Å². The van der Waals surface area contributed by atoms with Gasteiger partial charge in [0.2, 0.25) is 0 Å². The van der Waals surface area contributed by atoms with Gasteiger partial charge in [-0.2, -0.15) is 0 Å². The molecule has 2 rings (SSSR count). The third-order valence-corrected chi connectivity index (χ3v) is 3.87. The molecule has 23 heavy (non-hydrogen) atoms. The number of hydrogen-bond acceptors (Lipinski definition) is 8. The Kier molecular flexibility index (Phi) is 4.28. The molecule has 0 aliphatic carbocycles. The third kappa shape index (κ3) is 2.40. The Morgan fingerprint density at radius 3 is 2.09 bits per heavy atom. The van der Waals surface area contributed by atoms with E-state index in [4.69, 9.17) is 4.74 Å². The lowest BCUT2D eigenvalue weighted by atomic mass is 9.90. The Morgan fingerprint density at radius 1 is 1.00 bits per heavy atom. The van der Waals surface area contributed by atoms with E-state index < -0.39 is 35.1 Å². The van der Waals surface area contributed by atoms with Crippen molar-refractivity contribution in [1.82, 2.24) is 14.6 Å². The highest BCUT2D eigenvalue weighted by Gasteiger charge is 2.46. The van der Waals surface area contributed by atoms with Crippen molar-refractivity contribution in [2.24, 2.45) is 14.1 Å². The largest absolute Gasteiger partial charge is 0.468 e. The standard InChI is InChI=1S/C13H18N4O6/c1-15-9-7(10(18)16(2)13(15)21)6(11(19)22-4)8(12(20)23-5)14-17(9)3/h6,8,14H,1-5H3. The Balaban J connectivity index is 2.84. The normalized spacial score (nSPS) is 20.0. The molecule has 0 radical (unpaired) electrons. The molecule has 126 valence electrons. The average Bonchev–Trinajstić information content (AvgIpc) is 2.55. The van der Waals surface area contributed by atoms with Crippen molar-refractivity contribution >= 4 is 17.8 Å². The second-order valence-electron chi connectivity index (χ2n) is 5.13. The number of nitrogens with zero attached hydrogens (tertiary/aromatic N) is 3. The molecule has 2 atom stereocenters. The van der Waals surface area contributed by atoms with Gasteiger partial charge in [-0.05, 0) is 0 Å². The van der Waals surface area contributed by atoms with E-state index in [0.29, 0.717) is 0 Å². The first-order chi connectivity index (χ1) is 10.8. The average molecular weight is 326 g/mol. The summed E-state index contributed by atoms with van der Waals surface area (Å²) in [5, 5.41) is 1.35. The highest BCUT2D eigenvalue weighted by atomic mass is 16.5. The summed E-state index contributed by atoms with van der Waals surface area (Å²) >= 11 is 0. The van der Waals surface area contributed by atoms with Crippen LogP contribution in [0.15, 0.2) is 9.59 Å². The van der Waals surface area contributed by atoms with Gasteiger partial charge in [-0.1, -0.05) is 0 Å². The van der Waals surface area contributed by atoms with E-state index in [2.05, 4.69) is 10.2 Å². The lowest BCUT2D eigenvalue weighted by molar-refractivity contribution is -0.152. The van der Waals surface area contributed by atoms with Crippen molar-refractivity contribution in [2.45, 2.75) is 12.0 Å². The number of ether oxygens (including phenoxy) is 2. The zero-order valence-electron chi connectivity index (χ0n) is 13.4. The first-order valence-corrected chi connectivity index (χ1v) is 6.71. The van der Waals surface area contributed by atoms with E-state index in [-0.39, 0.29) is 11.4 Å². The first kappa shape index (κ1) is 16.7. The molecule has 1 aromatic rings. The van der Waals surface area contributed by atoms with E-state index in [1.807, 2.05) is 0 Å². The van der Waals surface area contributed by atoms with Gasteiger partial charge >= 0.3 is 17.6 Å². The molecule has 0 saturated heterocycles. The maximum Gasteiger partial charge on any atom is 0.332 e. The number of carbonyl (C=O) groups is 2. The molecule has 0 spiro atoms. The molecule has 0 aromatic carbocycles. The monoisotopic (exact) mass is 326 g/mol. The number of nitrogens with one attached hydrogen (secondary N) is 1.